The largest absolute Gasteiger partial charge is 0.369 e. The lowest BCUT2D eigenvalue weighted by molar-refractivity contribution is -0.123. The number of aromatic amines is 1. The Bertz CT molecular complexity index is 956. The highest BCUT2D eigenvalue weighted by Gasteiger charge is 2.26. The van der Waals surface area contributed by atoms with Crippen LogP contribution in [0, 0.1) is 5.92 Å². The molecule has 132 valence electrons. The van der Waals surface area contributed by atoms with Crippen LogP contribution in [0.3, 0.4) is 0 Å². The average molecular weight is 348 g/mol. The Labute approximate surface area is 151 Å². The van der Waals surface area contributed by atoms with Gasteiger partial charge in [0, 0.05) is 30.1 Å². The molecule has 0 radical (unpaired) electrons. The summed E-state index contributed by atoms with van der Waals surface area (Å²) < 4.78 is 0. The molecule has 26 heavy (non-hydrogen) atoms. The minimum Gasteiger partial charge on any atom is -0.369 e. The van der Waals surface area contributed by atoms with E-state index < -0.39 is 0 Å². The third-order valence-electron chi connectivity index (χ3n) is 4.96. The van der Waals surface area contributed by atoms with Crippen molar-refractivity contribution >= 4 is 22.8 Å². The maximum Gasteiger partial charge on any atom is 0.253 e. The van der Waals surface area contributed by atoms with Crippen molar-refractivity contribution in [2.75, 3.05) is 13.1 Å². The van der Waals surface area contributed by atoms with Crippen LogP contribution in [0.5, 0.6) is 0 Å². The van der Waals surface area contributed by atoms with Gasteiger partial charge in [0.2, 0.25) is 5.91 Å². The molecule has 6 heteroatoms. The number of rotatable bonds is 3. The van der Waals surface area contributed by atoms with E-state index in [0.29, 0.717) is 31.5 Å². The molecule has 0 aliphatic carbocycles. The summed E-state index contributed by atoms with van der Waals surface area (Å²) in [6.07, 6.45) is 1.26. The van der Waals surface area contributed by atoms with Crippen molar-refractivity contribution in [2.45, 2.75) is 12.8 Å². The number of fused-ring (bicyclic) bond motifs is 1. The number of piperidine rings is 1. The molecule has 0 saturated carbocycles. The molecule has 2 amide bonds. The average Bonchev–Trinajstić information content (AvgIpc) is 3.11. The summed E-state index contributed by atoms with van der Waals surface area (Å²) >= 11 is 0. The molecule has 1 aliphatic rings. The summed E-state index contributed by atoms with van der Waals surface area (Å²) in [7, 11) is 0. The number of primary amides is 1. The van der Waals surface area contributed by atoms with E-state index in [1.165, 1.54) is 0 Å². The maximum atomic E-state index is 12.8. The number of likely N-dealkylation sites (tertiary alicyclic amines) is 1. The Morgan fingerprint density at radius 2 is 1.81 bits per heavy atom. The number of aromatic nitrogens is 2. The van der Waals surface area contributed by atoms with Gasteiger partial charge in [-0.1, -0.05) is 30.3 Å². The predicted octanol–water partition coefficient (Wildman–Crippen LogP) is 2.57. The number of imidazole rings is 1. The van der Waals surface area contributed by atoms with Crippen molar-refractivity contribution < 1.29 is 9.59 Å². The number of benzene rings is 2. The van der Waals surface area contributed by atoms with Crippen LogP contribution in [-0.4, -0.2) is 39.8 Å². The van der Waals surface area contributed by atoms with Gasteiger partial charge in [-0.25, -0.2) is 4.98 Å². The van der Waals surface area contributed by atoms with E-state index in [0.717, 1.165) is 22.4 Å². The van der Waals surface area contributed by atoms with Gasteiger partial charge in [0.25, 0.3) is 5.91 Å². The zero-order valence-electron chi connectivity index (χ0n) is 14.3. The Balaban J connectivity index is 1.56. The minimum absolute atomic E-state index is 0.0225. The lowest BCUT2D eigenvalue weighted by Crippen LogP contribution is -2.41. The third-order valence-corrected chi connectivity index (χ3v) is 4.96. The fourth-order valence-electron chi connectivity index (χ4n) is 3.43. The van der Waals surface area contributed by atoms with Crippen LogP contribution in [0.1, 0.15) is 23.2 Å². The molecule has 4 rings (SSSR count). The molecular weight excluding hydrogens is 328 g/mol. The second-order valence-electron chi connectivity index (χ2n) is 6.65. The van der Waals surface area contributed by atoms with Crippen LogP contribution < -0.4 is 5.73 Å². The quantitative estimate of drug-likeness (QED) is 0.762. The zero-order chi connectivity index (χ0) is 18.1. The number of amides is 2. The number of carbonyl (C=O) groups is 2. The second kappa shape index (κ2) is 6.63. The highest BCUT2D eigenvalue weighted by atomic mass is 16.2. The molecule has 0 spiro atoms. The summed E-state index contributed by atoms with van der Waals surface area (Å²) in [5.74, 6) is 0.366. The lowest BCUT2D eigenvalue weighted by Gasteiger charge is -2.30. The topological polar surface area (TPSA) is 92.1 Å². The van der Waals surface area contributed by atoms with Gasteiger partial charge in [-0.05, 0) is 31.0 Å². The smallest absolute Gasteiger partial charge is 0.253 e. The normalized spacial score (nSPS) is 15.3. The van der Waals surface area contributed by atoms with Crippen molar-refractivity contribution in [1.29, 1.82) is 0 Å². The number of nitrogens with two attached hydrogens (primary N) is 1. The fraction of sp³-hybridized carbons (Fsp3) is 0.250. The Hall–Kier alpha value is -3.15. The van der Waals surface area contributed by atoms with Crippen LogP contribution in [-0.2, 0) is 4.79 Å². The Kier molecular flexibility index (Phi) is 4.16. The van der Waals surface area contributed by atoms with Crippen molar-refractivity contribution in [3.05, 3.63) is 54.1 Å². The number of hydrogen-bond donors (Lipinski definition) is 2. The van der Waals surface area contributed by atoms with Gasteiger partial charge in [0.15, 0.2) is 0 Å². The molecule has 6 nitrogen and oxygen atoms in total. The minimum atomic E-state index is -0.274. The molecular formula is C20H20N4O2. The molecule has 2 aromatic carbocycles. The van der Waals surface area contributed by atoms with Crippen LogP contribution in [0.2, 0.25) is 0 Å². The number of carbonyl (C=O) groups excluding carboxylic acids is 2. The van der Waals surface area contributed by atoms with Crippen LogP contribution >= 0.6 is 0 Å². The summed E-state index contributed by atoms with van der Waals surface area (Å²) in [6, 6.07) is 15.4. The molecule has 1 fully saturated rings. The summed E-state index contributed by atoms with van der Waals surface area (Å²) in [5.41, 5.74) is 8.65. The van der Waals surface area contributed by atoms with Gasteiger partial charge in [0.05, 0.1) is 11.0 Å². The van der Waals surface area contributed by atoms with E-state index in [-0.39, 0.29) is 17.7 Å². The molecule has 3 N–H and O–H groups in total. The Morgan fingerprint density at radius 3 is 2.50 bits per heavy atom. The maximum absolute atomic E-state index is 12.8. The van der Waals surface area contributed by atoms with Gasteiger partial charge in [-0.15, -0.1) is 0 Å². The van der Waals surface area contributed by atoms with Crippen LogP contribution in [0.4, 0.5) is 0 Å². The number of H-pyrrole nitrogens is 1. The standard InChI is InChI=1S/C20H20N4O2/c21-18(25)13-8-10-24(11-9-13)20(26)15-6-7-16-17(12-15)23-19(22-16)14-4-2-1-3-5-14/h1-7,12-13H,8-11H2,(H2,21,25)(H,22,23). The molecule has 1 saturated heterocycles. The van der Waals surface area contributed by atoms with E-state index in [1.807, 2.05) is 42.5 Å². The molecule has 0 bridgehead atoms. The molecule has 0 unspecified atom stereocenters. The molecule has 2 heterocycles. The first kappa shape index (κ1) is 16.3. The zero-order valence-corrected chi connectivity index (χ0v) is 14.3. The molecule has 1 aliphatic heterocycles. The van der Waals surface area contributed by atoms with E-state index in [2.05, 4.69) is 9.97 Å². The van der Waals surface area contributed by atoms with Crippen LogP contribution in [0.25, 0.3) is 22.4 Å². The predicted molar refractivity (Wildman–Crippen MR) is 99.4 cm³/mol. The van der Waals surface area contributed by atoms with Gasteiger partial charge in [-0.3, -0.25) is 9.59 Å². The summed E-state index contributed by atoms with van der Waals surface area (Å²) in [4.78, 5) is 33.7. The van der Waals surface area contributed by atoms with Crippen molar-refractivity contribution in [2.24, 2.45) is 11.7 Å². The van der Waals surface area contributed by atoms with E-state index in [9.17, 15) is 9.59 Å². The van der Waals surface area contributed by atoms with Crippen molar-refractivity contribution in [3.63, 3.8) is 0 Å². The number of nitrogens with one attached hydrogen (secondary N) is 1. The lowest BCUT2D eigenvalue weighted by atomic mass is 9.96. The molecule has 3 aromatic rings. The fourth-order valence-corrected chi connectivity index (χ4v) is 3.43. The summed E-state index contributed by atoms with van der Waals surface area (Å²) in [6.45, 7) is 1.12. The number of nitrogens with zero attached hydrogens (tertiary/aromatic N) is 2. The van der Waals surface area contributed by atoms with Gasteiger partial charge in [0.1, 0.15) is 5.82 Å². The number of hydrogen-bond acceptors (Lipinski definition) is 3. The van der Waals surface area contributed by atoms with Crippen molar-refractivity contribution in [1.82, 2.24) is 14.9 Å². The van der Waals surface area contributed by atoms with E-state index in [4.69, 9.17) is 5.73 Å². The van der Waals surface area contributed by atoms with Gasteiger partial charge >= 0.3 is 0 Å². The third kappa shape index (κ3) is 3.06. The first-order valence-electron chi connectivity index (χ1n) is 8.75. The van der Waals surface area contributed by atoms with Crippen LogP contribution in [0.15, 0.2) is 48.5 Å². The van der Waals surface area contributed by atoms with Gasteiger partial charge < -0.3 is 15.6 Å². The second-order valence-corrected chi connectivity index (χ2v) is 6.65. The van der Waals surface area contributed by atoms with Crippen molar-refractivity contribution in [3.8, 4) is 11.4 Å². The molecule has 0 atom stereocenters. The SMILES string of the molecule is NC(=O)C1CCN(C(=O)c2ccc3nc(-c4ccccc4)[nH]c3c2)CC1. The van der Waals surface area contributed by atoms with Gasteiger partial charge in [-0.2, -0.15) is 0 Å². The van der Waals surface area contributed by atoms with E-state index >= 15 is 0 Å². The first-order valence-corrected chi connectivity index (χ1v) is 8.75. The summed E-state index contributed by atoms with van der Waals surface area (Å²) in [5, 5.41) is 0. The van der Waals surface area contributed by atoms with E-state index in [1.54, 1.807) is 11.0 Å². The highest BCUT2D eigenvalue weighted by molar-refractivity contribution is 5.98. The first-order chi connectivity index (χ1) is 12.6. The Morgan fingerprint density at radius 1 is 1.08 bits per heavy atom. The highest BCUT2D eigenvalue weighted by Crippen LogP contribution is 2.23. The monoisotopic (exact) mass is 348 g/mol. The molecule has 1 aromatic heterocycles.